The zero-order valence-corrected chi connectivity index (χ0v) is 17.4. The number of benzene rings is 2. The van der Waals surface area contributed by atoms with Crippen LogP contribution in [0.2, 0.25) is 0 Å². The molecule has 1 saturated carbocycles. The van der Waals surface area contributed by atoms with Gasteiger partial charge in [0, 0.05) is 32.2 Å². The number of methoxy groups -OCH3 is 1. The third kappa shape index (κ3) is 4.78. The van der Waals surface area contributed by atoms with Gasteiger partial charge in [-0.15, -0.1) is 0 Å². The average molecular weight is 392 g/mol. The second kappa shape index (κ2) is 9.11. The number of nitriles is 1. The molecule has 152 valence electrons. The summed E-state index contributed by atoms with van der Waals surface area (Å²) in [5.74, 6) is 0.816. The van der Waals surface area contributed by atoms with Crippen LogP contribution in [0, 0.1) is 11.3 Å². The molecule has 0 atom stereocenters. The number of hydrogen-bond acceptors (Lipinski definition) is 4. The Morgan fingerprint density at radius 3 is 2.48 bits per heavy atom. The molecule has 5 nitrogen and oxygen atoms in total. The molecule has 0 bridgehead atoms. The lowest BCUT2D eigenvalue weighted by Gasteiger charge is -2.36. The predicted octanol–water partition coefficient (Wildman–Crippen LogP) is 3.89. The van der Waals surface area contributed by atoms with Crippen molar-refractivity contribution in [2.24, 2.45) is 0 Å². The summed E-state index contributed by atoms with van der Waals surface area (Å²) < 4.78 is 5.33. The molecule has 0 saturated heterocycles. The van der Waals surface area contributed by atoms with Crippen molar-refractivity contribution in [3.05, 3.63) is 65.2 Å². The molecule has 0 unspecified atom stereocenters. The molecular formula is C24H29N3O2. The van der Waals surface area contributed by atoms with E-state index in [9.17, 15) is 10.1 Å². The number of nitrogens with one attached hydrogen (secondary N) is 1. The Morgan fingerprint density at radius 1 is 1.21 bits per heavy atom. The zero-order chi connectivity index (χ0) is 20.9. The number of rotatable bonds is 6. The minimum atomic E-state index is -0.430. The Bertz CT molecular complexity index is 876. The van der Waals surface area contributed by atoms with Gasteiger partial charge in [0.25, 0.3) is 5.91 Å². The van der Waals surface area contributed by atoms with Gasteiger partial charge in [0.05, 0.1) is 18.6 Å². The topological polar surface area (TPSA) is 65.4 Å². The van der Waals surface area contributed by atoms with Crippen molar-refractivity contribution in [3.8, 4) is 11.8 Å². The summed E-state index contributed by atoms with van der Waals surface area (Å²) in [5.41, 5.74) is 2.48. The van der Waals surface area contributed by atoms with Crippen molar-refractivity contribution < 1.29 is 9.53 Å². The summed E-state index contributed by atoms with van der Waals surface area (Å²) in [5, 5.41) is 13.5. The molecule has 2 aromatic rings. The fourth-order valence-corrected chi connectivity index (χ4v) is 3.99. The van der Waals surface area contributed by atoms with Gasteiger partial charge in [0.15, 0.2) is 0 Å². The molecule has 3 rings (SSSR count). The van der Waals surface area contributed by atoms with Crippen LogP contribution in [-0.4, -0.2) is 38.1 Å². The van der Waals surface area contributed by atoms with Gasteiger partial charge < -0.3 is 15.0 Å². The highest BCUT2D eigenvalue weighted by molar-refractivity contribution is 5.93. The SMILES string of the molecule is COc1cccc(C2(C#N)CCC(NCc3ccc(C(=O)N(C)C)cc3)CC2)c1. The van der Waals surface area contributed by atoms with E-state index < -0.39 is 5.41 Å². The van der Waals surface area contributed by atoms with Gasteiger partial charge in [-0.25, -0.2) is 0 Å². The summed E-state index contributed by atoms with van der Waals surface area (Å²) in [7, 11) is 5.17. The van der Waals surface area contributed by atoms with E-state index in [1.807, 2.05) is 48.5 Å². The summed E-state index contributed by atoms with van der Waals surface area (Å²) in [6, 6.07) is 18.6. The Morgan fingerprint density at radius 2 is 1.90 bits per heavy atom. The van der Waals surface area contributed by atoms with Crippen LogP contribution < -0.4 is 10.1 Å². The van der Waals surface area contributed by atoms with Crippen molar-refractivity contribution in [2.75, 3.05) is 21.2 Å². The molecule has 1 aliphatic rings. The maximum Gasteiger partial charge on any atom is 0.253 e. The van der Waals surface area contributed by atoms with Gasteiger partial charge in [-0.05, 0) is 61.1 Å². The van der Waals surface area contributed by atoms with Gasteiger partial charge in [-0.2, -0.15) is 5.26 Å². The third-order valence-corrected chi connectivity index (χ3v) is 5.88. The van der Waals surface area contributed by atoms with Gasteiger partial charge in [0.2, 0.25) is 0 Å². The van der Waals surface area contributed by atoms with E-state index >= 15 is 0 Å². The molecule has 1 N–H and O–H groups in total. The summed E-state index contributed by atoms with van der Waals surface area (Å²) >= 11 is 0. The first-order chi connectivity index (χ1) is 14.0. The van der Waals surface area contributed by atoms with Crippen molar-refractivity contribution in [1.29, 1.82) is 5.26 Å². The van der Waals surface area contributed by atoms with Crippen molar-refractivity contribution in [2.45, 2.75) is 43.7 Å². The summed E-state index contributed by atoms with van der Waals surface area (Å²) in [6.07, 6.45) is 3.60. The van der Waals surface area contributed by atoms with Crippen LogP contribution in [0.25, 0.3) is 0 Å². The first-order valence-electron chi connectivity index (χ1n) is 10.1. The van der Waals surface area contributed by atoms with Gasteiger partial charge in [-0.1, -0.05) is 24.3 Å². The smallest absolute Gasteiger partial charge is 0.253 e. The number of amides is 1. The standard InChI is InChI=1S/C24H29N3O2/c1-27(2)23(28)19-9-7-18(8-10-19)16-26-21-11-13-24(17-25,14-12-21)20-5-4-6-22(15-20)29-3/h4-10,15,21,26H,11-14,16H2,1-3H3. The highest BCUT2D eigenvalue weighted by Gasteiger charge is 2.37. The zero-order valence-electron chi connectivity index (χ0n) is 17.4. The second-order valence-corrected chi connectivity index (χ2v) is 7.98. The van der Waals surface area contributed by atoms with E-state index in [0.717, 1.165) is 49.1 Å². The molecule has 2 aromatic carbocycles. The van der Waals surface area contributed by atoms with E-state index in [1.54, 1.807) is 26.1 Å². The molecule has 29 heavy (non-hydrogen) atoms. The number of nitrogens with zero attached hydrogens (tertiary/aromatic N) is 2. The maximum atomic E-state index is 12.0. The number of carbonyl (C=O) groups excluding carboxylic acids is 1. The van der Waals surface area contributed by atoms with Crippen molar-refractivity contribution in [3.63, 3.8) is 0 Å². The molecular weight excluding hydrogens is 362 g/mol. The Hall–Kier alpha value is -2.84. The average Bonchev–Trinajstić information content (AvgIpc) is 2.78. The van der Waals surface area contributed by atoms with Gasteiger partial charge >= 0.3 is 0 Å². The lowest BCUT2D eigenvalue weighted by Crippen LogP contribution is -2.39. The van der Waals surface area contributed by atoms with Crippen LogP contribution in [0.5, 0.6) is 5.75 Å². The van der Waals surface area contributed by atoms with Crippen LogP contribution in [0.4, 0.5) is 0 Å². The maximum absolute atomic E-state index is 12.0. The molecule has 1 aliphatic carbocycles. The van der Waals surface area contributed by atoms with Crippen LogP contribution in [0.15, 0.2) is 48.5 Å². The fraction of sp³-hybridized carbons (Fsp3) is 0.417. The normalized spacial score (nSPS) is 21.2. The predicted molar refractivity (Wildman–Crippen MR) is 114 cm³/mol. The monoisotopic (exact) mass is 391 g/mol. The van der Waals surface area contributed by atoms with E-state index in [4.69, 9.17) is 4.74 Å². The summed E-state index contributed by atoms with van der Waals surface area (Å²) in [4.78, 5) is 13.6. The van der Waals surface area contributed by atoms with Crippen LogP contribution in [0.3, 0.4) is 0 Å². The Kier molecular flexibility index (Phi) is 6.56. The summed E-state index contributed by atoms with van der Waals surface area (Å²) in [6.45, 7) is 0.764. The lowest BCUT2D eigenvalue weighted by atomic mass is 9.69. The molecule has 5 heteroatoms. The highest BCUT2D eigenvalue weighted by Crippen LogP contribution is 2.40. The number of hydrogen-bond donors (Lipinski definition) is 1. The van der Waals surface area contributed by atoms with Crippen molar-refractivity contribution >= 4 is 5.91 Å². The van der Waals surface area contributed by atoms with E-state index in [-0.39, 0.29) is 5.91 Å². The minimum Gasteiger partial charge on any atom is -0.497 e. The molecule has 0 aliphatic heterocycles. The number of carbonyl (C=O) groups is 1. The largest absolute Gasteiger partial charge is 0.497 e. The van der Waals surface area contributed by atoms with E-state index in [1.165, 1.54) is 0 Å². The quantitative estimate of drug-likeness (QED) is 0.811. The Balaban J connectivity index is 1.57. The van der Waals surface area contributed by atoms with Crippen LogP contribution >= 0.6 is 0 Å². The van der Waals surface area contributed by atoms with Gasteiger partial charge in [-0.3, -0.25) is 4.79 Å². The van der Waals surface area contributed by atoms with Crippen LogP contribution in [-0.2, 0) is 12.0 Å². The first kappa shape index (κ1) is 20.9. The molecule has 1 fully saturated rings. The molecule has 0 heterocycles. The minimum absolute atomic E-state index is 0.0159. The van der Waals surface area contributed by atoms with Crippen LogP contribution in [0.1, 0.15) is 47.2 Å². The molecule has 1 amide bonds. The molecule has 0 aromatic heterocycles. The molecule has 0 spiro atoms. The Labute approximate surface area is 173 Å². The fourth-order valence-electron chi connectivity index (χ4n) is 3.99. The first-order valence-corrected chi connectivity index (χ1v) is 10.1. The molecule has 0 radical (unpaired) electrons. The van der Waals surface area contributed by atoms with Crippen molar-refractivity contribution in [1.82, 2.24) is 10.2 Å². The van der Waals surface area contributed by atoms with E-state index in [0.29, 0.717) is 11.6 Å². The third-order valence-electron chi connectivity index (χ3n) is 5.88. The second-order valence-electron chi connectivity index (χ2n) is 7.98. The number of ether oxygens (including phenoxy) is 1. The van der Waals surface area contributed by atoms with Gasteiger partial charge in [0.1, 0.15) is 5.75 Å². The highest BCUT2D eigenvalue weighted by atomic mass is 16.5. The lowest BCUT2D eigenvalue weighted by molar-refractivity contribution is 0.0827. The van der Waals surface area contributed by atoms with E-state index in [2.05, 4.69) is 11.4 Å².